The number of amides is 1. The molecule has 0 aliphatic rings. The third-order valence-corrected chi connectivity index (χ3v) is 3.18. The van der Waals surface area contributed by atoms with Gasteiger partial charge < -0.3 is 24.6 Å². The first-order chi connectivity index (χ1) is 11.0. The van der Waals surface area contributed by atoms with Crippen LogP contribution in [0.5, 0.6) is 5.75 Å². The van der Waals surface area contributed by atoms with E-state index >= 15 is 0 Å². The molecule has 0 aliphatic carbocycles. The van der Waals surface area contributed by atoms with Crippen molar-refractivity contribution in [3.05, 3.63) is 28.8 Å². The number of aliphatic carboxylic acids is 1. The van der Waals surface area contributed by atoms with E-state index in [1.54, 1.807) is 12.1 Å². The van der Waals surface area contributed by atoms with E-state index in [1.807, 2.05) is 0 Å². The van der Waals surface area contributed by atoms with Gasteiger partial charge in [-0.1, -0.05) is 11.6 Å². The second kappa shape index (κ2) is 10.0. The molecule has 0 heterocycles. The lowest BCUT2D eigenvalue weighted by Crippen LogP contribution is -2.41. The highest BCUT2D eigenvalue weighted by Gasteiger charge is 2.22. The van der Waals surface area contributed by atoms with Crippen LogP contribution in [0.1, 0.15) is 16.8 Å². The van der Waals surface area contributed by atoms with Crippen molar-refractivity contribution in [2.45, 2.75) is 12.5 Å². The maximum Gasteiger partial charge on any atom is 0.326 e. The fourth-order valence-electron chi connectivity index (χ4n) is 1.77. The summed E-state index contributed by atoms with van der Waals surface area (Å²) in [6.45, 7) is 0.823. The van der Waals surface area contributed by atoms with E-state index in [2.05, 4.69) is 5.32 Å². The fourth-order valence-corrected chi connectivity index (χ4v) is 1.94. The van der Waals surface area contributed by atoms with Crippen LogP contribution >= 0.6 is 11.6 Å². The molecule has 1 atom stereocenters. The number of carboxylic acids is 1. The van der Waals surface area contributed by atoms with Gasteiger partial charge in [-0.05, 0) is 18.2 Å². The van der Waals surface area contributed by atoms with Crippen LogP contribution in [0, 0.1) is 0 Å². The molecule has 8 heteroatoms. The number of methoxy groups -OCH3 is 2. The predicted octanol–water partition coefficient (Wildman–Crippen LogP) is 1.58. The first-order valence-corrected chi connectivity index (χ1v) is 7.31. The molecule has 1 amide bonds. The summed E-state index contributed by atoms with van der Waals surface area (Å²) < 4.78 is 15.2. The number of nitrogens with one attached hydrogen (secondary N) is 1. The van der Waals surface area contributed by atoms with Gasteiger partial charge in [0.1, 0.15) is 18.4 Å². The number of carbonyl (C=O) groups excluding carboxylic acids is 1. The van der Waals surface area contributed by atoms with Crippen LogP contribution in [0.25, 0.3) is 0 Å². The number of carboxylic acid groups (broad SMARTS) is 1. The first kappa shape index (κ1) is 19.2. The number of hydrogen-bond acceptors (Lipinski definition) is 5. The molecule has 7 nitrogen and oxygen atoms in total. The van der Waals surface area contributed by atoms with Gasteiger partial charge in [0, 0.05) is 32.3 Å². The van der Waals surface area contributed by atoms with Crippen molar-refractivity contribution >= 4 is 23.5 Å². The lowest BCUT2D eigenvalue weighted by molar-refractivity contribution is -0.139. The van der Waals surface area contributed by atoms with Gasteiger partial charge in [-0.3, -0.25) is 4.79 Å². The summed E-state index contributed by atoms with van der Waals surface area (Å²) in [7, 11) is 2.99. The summed E-state index contributed by atoms with van der Waals surface area (Å²) in [6, 6.07) is 3.50. The molecule has 1 unspecified atom stereocenters. The summed E-state index contributed by atoms with van der Waals surface area (Å²) in [5, 5.41) is 11.9. The second-order valence-corrected chi connectivity index (χ2v) is 5.06. The highest BCUT2D eigenvalue weighted by molar-refractivity contribution is 6.31. The molecule has 23 heavy (non-hydrogen) atoms. The van der Waals surface area contributed by atoms with E-state index in [0.29, 0.717) is 17.4 Å². The quantitative estimate of drug-likeness (QED) is 0.625. The van der Waals surface area contributed by atoms with Crippen molar-refractivity contribution in [3.63, 3.8) is 0 Å². The Morgan fingerprint density at radius 2 is 1.91 bits per heavy atom. The first-order valence-electron chi connectivity index (χ1n) is 6.93. The third-order valence-electron chi connectivity index (χ3n) is 2.95. The monoisotopic (exact) mass is 345 g/mol. The Bertz CT molecular complexity index is 537. The van der Waals surface area contributed by atoms with Gasteiger partial charge in [-0.2, -0.15) is 0 Å². The molecule has 0 saturated carbocycles. The van der Waals surface area contributed by atoms with Crippen LogP contribution in [0.4, 0.5) is 0 Å². The summed E-state index contributed by atoms with van der Waals surface area (Å²) in [6.07, 6.45) is 0.151. The normalized spacial score (nSPS) is 11.8. The molecule has 0 radical (unpaired) electrons. The van der Waals surface area contributed by atoms with E-state index in [9.17, 15) is 9.59 Å². The molecule has 0 aliphatic heterocycles. The zero-order valence-electron chi connectivity index (χ0n) is 13.0. The topological polar surface area (TPSA) is 94.1 Å². The SMILES string of the molecule is COCCOc1ccc(Cl)cc1C(=O)NC(CCOC)C(=O)O. The van der Waals surface area contributed by atoms with Gasteiger partial charge in [-0.15, -0.1) is 0 Å². The van der Waals surface area contributed by atoms with Gasteiger partial charge in [-0.25, -0.2) is 4.79 Å². The van der Waals surface area contributed by atoms with Crippen molar-refractivity contribution in [1.29, 1.82) is 0 Å². The minimum atomic E-state index is -1.14. The summed E-state index contributed by atoms with van der Waals surface area (Å²) in [4.78, 5) is 23.5. The molecule has 1 aromatic rings. The van der Waals surface area contributed by atoms with E-state index in [0.717, 1.165) is 0 Å². The minimum absolute atomic E-state index is 0.151. The number of benzene rings is 1. The Kier molecular flexibility index (Phi) is 8.39. The largest absolute Gasteiger partial charge is 0.490 e. The van der Waals surface area contributed by atoms with Gasteiger partial charge >= 0.3 is 5.97 Å². The van der Waals surface area contributed by atoms with Crippen LogP contribution < -0.4 is 10.1 Å². The van der Waals surface area contributed by atoms with Gasteiger partial charge in [0.05, 0.1) is 12.2 Å². The van der Waals surface area contributed by atoms with E-state index < -0.39 is 17.9 Å². The molecule has 1 aromatic carbocycles. The van der Waals surface area contributed by atoms with Crippen molar-refractivity contribution in [2.75, 3.05) is 34.0 Å². The van der Waals surface area contributed by atoms with Crippen LogP contribution in [-0.2, 0) is 14.3 Å². The predicted molar refractivity (Wildman–Crippen MR) is 84.2 cm³/mol. The number of ether oxygens (including phenoxy) is 3. The standard InChI is InChI=1S/C15H20ClNO6/c1-21-6-5-12(15(19)20)17-14(18)11-9-10(16)3-4-13(11)23-8-7-22-2/h3-4,9,12H,5-8H2,1-2H3,(H,17,18)(H,19,20). The van der Waals surface area contributed by atoms with E-state index in [1.165, 1.54) is 20.3 Å². The average molecular weight is 346 g/mol. The minimum Gasteiger partial charge on any atom is -0.490 e. The lowest BCUT2D eigenvalue weighted by atomic mass is 10.1. The number of carbonyl (C=O) groups is 2. The molecule has 0 bridgehead atoms. The number of halogens is 1. The molecule has 0 spiro atoms. The van der Waals surface area contributed by atoms with Crippen LogP contribution in [0.2, 0.25) is 5.02 Å². The highest BCUT2D eigenvalue weighted by Crippen LogP contribution is 2.23. The highest BCUT2D eigenvalue weighted by atomic mass is 35.5. The Balaban J connectivity index is 2.87. The molecule has 0 aromatic heterocycles. The maximum absolute atomic E-state index is 12.3. The smallest absolute Gasteiger partial charge is 0.326 e. The van der Waals surface area contributed by atoms with Crippen molar-refractivity contribution < 1.29 is 28.9 Å². The van der Waals surface area contributed by atoms with Crippen molar-refractivity contribution in [2.24, 2.45) is 0 Å². The summed E-state index contributed by atoms with van der Waals surface area (Å²) in [5.74, 6) is -1.41. The van der Waals surface area contributed by atoms with Crippen LogP contribution in [-0.4, -0.2) is 57.1 Å². The molecule has 0 fully saturated rings. The zero-order chi connectivity index (χ0) is 17.2. The Morgan fingerprint density at radius 3 is 2.52 bits per heavy atom. The van der Waals surface area contributed by atoms with Crippen molar-refractivity contribution in [3.8, 4) is 5.75 Å². The maximum atomic E-state index is 12.3. The lowest BCUT2D eigenvalue weighted by Gasteiger charge is -2.16. The van der Waals surface area contributed by atoms with Crippen LogP contribution in [0.3, 0.4) is 0 Å². The fraction of sp³-hybridized carbons (Fsp3) is 0.467. The molecule has 1 rings (SSSR count). The molecule has 0 saturated heterocycles. The Hall–Kier alpha value is -1.83. The van der Waals surface area contributed by atoms with Crippen LogP contribution in [0.15, 0.2) is 18.2 Å². The van der Waals surface area contributed by atoms with Gasteiger partial charge in [0.2, 0.25) is 0 Å². The molecule has 128 valence electrons. The van der Waals surface area contributed by atoms with Gasteiger partial charge in [0.15, 0.2) is 0 Å². The van der Waals surface area contributed by atoms with Gasteiger partial charge in [0.25, 0.3) is 5.91 Å². The Labute approximate surface area is 139 Å². The second-order valence-electron chi connectivity index (χ2n) is 4.63. The van der Waals surface area contributed by atoms with Crippen molar-refractivity contribution in [1.82, 2.24) is 5.32 Å². The van der Waals surface area contributed by atoms with E-state index in [-0.39, 0.29) is 25.2 Å². The number of hydrogen-bond donors (Lipinski definition) is 2. The Morgan fingerprint density at radius 1 is 1.22 bits per heavy atom. The third kappa shape index (κ3) is 6.43. The number of rotatable bonds is 10. The zero-order valence-corrected chi connectivity index (χ0v) is 13.8. The summed E-state index contributed by atoms with van der Waals surface area (Å²) >= 11 is 5.91. The summed E-state index contributed by atoms with van der Waals surface area (Å²) in [5.41, 5.74) is 0.164. The van der Waals surface area contributed by atoms with E-state index in [4.69, 9.17) is 30.9 Å². The molecular weight excluding hydrogens is 326 g/mol. The average Bonchev–Trinajstić information content (AvgIpc) is 2.52. The molecule has 2 N–H and O–H groups in total. The molecular formula is C15H20ClNO6.